The lowest BCUT2D eigenvalue weighted by Gasteiger charge is -2.23. The molecule has 0 spiro atoms. The summed E-state index contributed by atoms with van der Waals surface area (Å²) < 4.78 is 6.66. The molecule has 1 aromatic heterocycles. The molecule has 1 atom stereocenters. The summed E-state index contributed by atoms with van der Waals surface area (Å²) in [4.78, 5) is 28.4. The number of Topliss-reactive ketones (excluding diaryl/α,β-unsaturated/α-hetero) is 1. The summed E-state index contributed by atoms with van der Waals surface area (Å²) in [5, 5.41) is 20.3. The van der Waals surface area contributed by atoms with Gasteiger partial charge in [0, 0.05) is 11.3 Å². The minimum Gasteiger partial charge on any atom is -0.507 e. The molecule has 1 aliphatic rings. The molecule has 4 aromatic rings. The SMILES string of the molecule is CCCCCOc1cccc(C2/C(=C(\O)c3ccc(C)cc3)C(=O)C(=O)N2c2nnc(SCc3ccccc3)s2)c1. The summed E-state index contributed by atoms with van der Waals surface area (Å²) >= 11 is 2.76. The number of rotatable bonds is 11. The molecule has 1 fully saturated rings. The normalized spacial score (nSPS) is 16.3. The summed E-state index contributed by atoms with van der Waals surface area (Å²) in [6.45, 7) is 4.65. The van der Waals surface area contributed by atoms with Crippen LogP contribution < -0.4 is 9.64 Å². The van der Waals surface area contributed by atoms with Gasteiger partial charge in [-0.3, -0.25) is 14.5 Å². The van der Waals surface area contributed by atoms with Crippen LogP contribution in [0, 0.1) is 6.92 Å². The fourth-order valence-electron chi connectivity index (χ4n) is 4.61. The molecule has 41 heavy (non-hydrogen) atoms. The third-order valence-corrected chi connectivity index (χ3v) is 8.89. The second-order valence-electron chi connectivity index (χ2n) is 9.79. The molecule has 210 valence electrons. The van der Waals surface area contributed by atoms with Gasteiger partial charge < -0.3 is 9.84 Å². The topological polar surface area (TPSA) is 92.6 Å². The van der Waals surface area contributed by atoms with E-state index in [-0.39, 0.29) is 11.3 Å². The zero-order chi connectivity index (χ0) is 28.8. The number of aryl methyl sites for hydroxylation is 1. The van der Waals surface area contributed by atoms with Crippen molar-refractivity contribution in [1.82, 2.24) is 10.2 Å². The molecule has 2 heterocycles. The number of carbonyl (C=O) groups is 2. The molecule has 3 aromatic carbocycles. The van der Waals surface area contributed by atoms with Gasteiger partial charge in [-0.05, 0) is 36.6 Å². The van der Waals surface area contributed by atoms with E-state index < -0.39 is 17.7 Å². The summed E-state index contributed by atoms with van der Waals surface area (Å²) in [5.74, 6) is -0.420. The van der Waals surface area contributed by atoms with Gasteiger partial charge in [0.25, 0.3) is 5.78 Å². The summed E-state index contributed by atoms with van der Waals surface area (Å²) in [6, 6.07) is 23.6. The second kappa shape index (κ2) is 13.1. The number of benzene rings is 3. The highest BCUT2D eigenvalue weighted by Gasteiger charge is 2.48. The highest BCUT2D eigenvalue weighted by Crippen LogP contribution is 2.44. The first-order chi connectivity index (χ1) is 20.0. The van der Waals surface area contributed by atoms with Gasteiger partial charge in [0.15, 0.2) is 4.34 Å². The first-order valence-electron chi connectivity index (χ1n) is 13.6. The fourth-order valence-corrected chi connectivity index (χ4v) is 6.43. The van der Waals surface area contributed by atoms with E-state index in [1.165, 1.54) is 28.0 Å². The Morgan fingerprint density at radius 2 is 1.78 bits per heavy atom. The minimum absolute atomic E-state index is 0.00988. The number of thioether (sulfide) groups is 1. The number of anilines is 1. The zero-order valence-corrected chi connectivity index (χ0v) is 24.6. The number of unbranched alkanes of at least 4 members (excludes halogenated alkanes) is 2. The van der Waals surface area contributed by atoms with Crippen molar-refractivity contribution in [3.8, 4) is 5.75 Å². The Bertz CT molecular complexity index is 1550. The molecule has 1 aliphatic heterocycles. The van der Waals surface area contributed by atoms with Crippen LogP contribution in [0.25, 0.3) is 5.76 Å². The molecule has 5 rings (SSSR count). The van der Waals surface area contributed by atoms with Crippen molar-refractivity contribution in [3.63, 3.8) is 0 Å². The van der Waals surface area contributed by atoms with Crippen LogP contribution in [0.3, 0.4) is 0 Å². The molecule has 1 unspecified atom stereocenters. The Labute approximate surface area is 247 Å². The third kappa shape index (κ3) is 6.52. The van der Waals surface area contributed by atoms with E-state index in [0.29, 0.717) is 38.7 Å². The molecule has 9 heteroatoms. The van der Waals surface area contributed by atoms with Gasteiger partial charge in [-0.15, -0.1) is 10.2 Å². The molecule has 0 aliphatic carbocycles. The number of hydrogen-bond donors (Lipinski definition) is 1. The maximum atomic E-state index is 13.5. The fraction of sp³-hybridized carbons (Fsp3) is 0.250. The summed E-state index contributed by atoms with van der Waals surface area (Å²) in [6.07, 6.45) is 3.09. The average Bonchev–Trinajstić information content (AvgIpc) is 3.57. The number of hydrogen-bond acceptors (Lipinski definition) is 8. The molecule has 1 saturated heterocycles. The molecular weight excluding hydrogens is 555 g/mol. The van der Waals surface area contributed by atoms with E-state index in [0.717, 1.165) is 30.4 Å². The van der Waals surface area contributed by atoms with E-state index in [1.807, 2.05) is 73.7 Å². The highest BCUT2D eigenvalue weighted by molar-refractivity contribution is 8.00. The van der Waals surface area contributed by atoms with Gasteiger partial charge in [0.1, 0.15) is 11.5 Å². The van der Waals surface area contributed by atoms with Crippen LogP contribution in [-0.4, -0.2) is 33.6 Å². The van der Waals surface area contributed by atoms with Crippen molar-refractivity contribution in [2.75, 3.05) is 11.5 Å². The lowest BCUT2D eigenvalue weighted by Crippen LogP contribution is -2.29. The Kier molecular flexibility index (Phi) is 9.16. The average molecular weight is 586 g/mol. The summed E-state index contributed by atoms with van der Waals surface area (Å²) in [5.41, 5.74) is 3.27. The predicted molar refractivity (Wildman–Crippen MR) is 163 cm³/mol. The lowest BCUT2D eigenvalue weighted by molar-refractivity contribution is -0.132. The molecule has 1 amide bonds. The van der Waals surface area contributed by atoms with Crippen LogP contribution >= 0.6 is 23.1 Å². The number of amides is 1. The van der Waals surface area contributed by atoms with E-state index in [4.69, 9.17) is 4.74 Å². The second-order valence-corrected chi connectivity index (χ2v) is 12.0. The molecular formula is C32H31N3O4S2. The predicted octanol–water partition coefficient (Wildman–Crippen LogP) is 7.33. The van der Waals surface area contributed by atoms with Crippen molar-refractivity contribution in [3.05, 3.63) is 107 Å². The van der Waals surface area contributed by atoms with E-state index in [1.54, 1.807) is 12.1 Å². The first-order valence-corrected chi connectivity index (χ1v) is 15.4. The van der Waals surface area contributed by atoms with Crippen molar-refractivity contribution in [1.29, 1.82) is 0 Å². The van der Waals surface area contributed by atoms with Crippen LogP contribution in [-0.2, 0) is 15.3 Å². The number of ether oxygens (including phenoxy) is 1. The number of nitrogens with zero attached hydrogens (tertiary/aromatic N) is 3. The summed E-state index contributed by atoms with van der Waals surface area (Å²) in [7, 11) is 0. The van der Waals surface area contributed by atoms with Crippen molar-refractivity contribution in [2.24, 2.45) is 0 Å². The quantitative estimate of drug-likeness (QED) is 0.0492. The Morgan fingerprint density at radius 3 is 2.54 bits per heavy atom. The molecule has 0 saturated carbocycles. The molecule has 0 bridgehead atoms. The Hall–Kier alpha value is -3.95. The van der Waals surface area contributed by atoms with E-state index in [9.17, 15) is 14.7 Å². The van der Waals surface area contributed by atoms with Crippen molar-refractivity contribution >= 4 is 45.7 Å². The van der Waals surface area contributed by atoms with Gasteiger partial charge in [-0.25, -0.2) is 0 Å². The van der Waals surface area contributed by atoms with Gasteiger partial charge in [0.2, 0.25) is 5.13 Å². The van der Waals surface area contributed by atoms with E-state index >= 15 is 0 Å². The first kappa shape index (κ1) is 28.6. The van der Waals surface area contributed by atoms with Gasteiger partial charge >= 0.3 is 5.91 Å². The number of aliphatic hydroxyl groups is 1. The third-order valence-electron chi connectivity index (χ3n) is 6.77. The smallest absolute Gasteiger partial charge is 0.301 e. The standard InChI is InChI=1S/C32H31N3O4S2/c1-3-4-8-18-39-25-13-9-12-24(19-25)27-26(28(36)23-16-14-21(2)15-17-23)29(37)30(38)35(27)31-33-34-32(41-31)40-20-22-10-6-5-7-11-22/h5-7,9-17,19,27,36H,3-4,8,18,20H2,1-2H3/b28-26+. The molecule has 7 nitrogen and oxygen atoms in total. The molecule has 1 N–H and O–H groups in total. The van der Waals surface area contributed by atoms with Gasteiger partial charge in [-0.1, -0.05) is 115 Å². The number of carbonyl (C=O) groups excluding carboxylic acids is 2. The van der Waals surface area contributed by atoms with Crippen molar-refractivity contribution < 1.29 is 19.4 Å². The van der Waals surface area contributed by atoms with Crippen LogP contribution in [0.5, 0.6) is 5.75 Å². The number of aliphatic hydroxyl groups excluding tert-OH is 1. The number of aromatic nitrogens is 2. The Balaban J connectivity index is 1.52. The van der Waals surface area contributed by atoms with Gasteiger partial charge in [0.05, 0.1) is 18.2 Å². The number of ketones is 1. The van der Waals surface area contributed by atoms with Crippen LogP contribution in [0.4, 0.5) is 5.13 Å². The lowest BCUT2D eigenvalue weighted by atomic mass is 9.95. The monoisotopic (exact) mass is 585 g/mol. The van der Waals surface area contributed by atoms with Gasteiger partial charge in [-0.2, -0.15) is 0 Å². The maximum absolute atomic E-state index is 13.5. The molecule has 0 radical (unpaired) electrons. The maximum Gasteiger partial charge on any atom is 0.301 e. The van der Waals surface area contributed by atoms with Crippen LogP contribution in [0.15, 0.2) is 88.8 Å². The largest absolute Gasteiger partial charge is 0.507 e. The highest BCUT2D eigenvalue weighted by atomic mass is 32.2. The Morgan fingerprint density at radius 1 is 1.00 bits per heavy atom. The minimum atomic E-state index is -0.893. The van der Waals surface area contributed by atoms with Crippen LogP contribution in [0.2, 0.25) is 0 Å². The van der Waals surface area contributed by atoms with Crippen molar-refractivity contribution in [2.45, 2.75) is 49.2 Å². The van der Waals surface area contributed by atoms with E-state index in [2.05, 4.69) is 17.1 Å². The van der Waals surface area contributed by atoms with Crippen LogP contribution in [0.1, 0.15) is 54.5 Å². The zero-order valence-electron chi connectivity index (χ0n) is 22.9.